The second kappa shape index (κ2) is 4.96. The standard InChI is InChI=1S/C10H18O2/c1-5-12-9(11)7-6-8-10(2,3)4/h6,8H,5,7H2,1-4H3/b8-6-. The van der Waals surface area contributed by atoms with Gasteiger partial charge in [-0.15, -0.1) is 0 Å². The van der Waals surface area contributed by atoms with Crippen LogP contribution in [0.1, 0.15) is 34.1 Å². The van der Waals surface area contributed by atoms with Crippen molar-refractivity contribution in [3.63, 3.8) is 0 Å². The summed E-state index contributed by atoms with van der Waals surface area (Å²) >= 11 is 0. The molecule has 2 nitrogen and oxygen atoms in total. The van der Waals surface area contributed by atoms with Crippen molar-refractivity contribution in [1.82, 2.24) is 0 Å². The maximum absolute atomic E-state index is 10.9. The molecule has 0 aliphatic rings. The number of hydrogen-bond donors (Lipinski definition) is 0. The average Bonchev–Trinajstić information content (AvgIpc) is 1.84. The molecule has 0 aromatic rings. The molecule has 0 aliphatic heterocycles. The van der Waals surface area contributed by atoms with E-state index in [1.807, 2.05) is 19.1 Å². The lowest BCUT2D eigenvalue weighted by Crippen LogP contribution is -2.03. The van der Waals surface area contributed by atoms with Gasteiger partial charge in [0.2, 0.25) is 0 Å². The van der Waals surface area contributed by atoms with Crippen LogP contribution in [-0.4, -0.2) is 12.6 Å². The molecule has 70 valence electrons. The average molecular weight is 170 g/mol. The molecule has 0 N–H and O–H groups in total. The summed E-state index contributed by atoms with van der Waals surface area (Å²) in [6, 6.07) is 0. The first kappa shape index (κ1) is 11.2. The summed E-state index contributed by atoms with van der Waals surface area (Å²) in [6.45, 7) is 8.55. The van der Waals surface area contributed by atoms with Gasteiger partial charge in [0.05, 0.1) is 13.0 Å². The van der Waals surface area contributed by atoms with Crippen LogP contribution in [0.5, 0.6) is 0 Å². The molecule has 2 heteroatoms. The molecule has 0 unspecified atom stereocenters. The van der Waals surface area contributed by atoms with E-state index in [1.165, 1.54) is 0 Å². The van der Waals surface area contributed by atoms with E-state index in [9.17, 15) is 4.79 Å². The van der Waals surface area contributed by atoms with Gasteiger partial charge in [0.25, 0.3) is 0 Å². The third kappa shape index (κ3) is 7.32. The van der Waals surface area contributed by atoms with E-state index in [1.54, 1.807) is 0 Å². The Morgan fingerprint density at radius 2 is 2.00 bits per heavy atom. The number of carbonyl (C=O) groups excluding carboxylic acids is 1. The number of carbonyl (C=O) groups is 1. The predicted molar refractivity (Wildman–Crippen MR) is 49.8 cm³/mol. The molecule has 0 aromatic carbocycles. The topological polar surface area (TPSA) is 26.3 Å². The number of hydrogen-bond acceptors (Lipinski definition) is 2. The Kier molecular flexibility index (Phi) is 4.64. The summed E-state index contributed by atoms with van der Waals surface area (Å²) in [6.07, 6.45) is 4.26. The molecule has 0 aliphatic carbocycles. The van der Waals surface area contributed by atoms with E-state index in [4.69, 9.17) is 4.74 Å². The van der Waals surface area contributed by atoms with Crippen molar-refractivity contribution in [3.05, 3.63) is 12.2 Å². The van der Waals surface area contributed by atoms with E-state index in [0.29, 0.717) is 13.0 Å². The van der Waals surface area contributed by atoms with Crippen LogP contribution in [0, 0.1) is 5.41 Å². The zero-order valence-electron chi connectivity index (χ0n) is 8.39. The quantitative estimate of drug-likeness (QED) is 0.480. The Hall–Kier alpha value is -0.790. The highest BCUT2D eigenvalue weighted by Gasteiger charge is 2.04. The first-order chi connectivity index (χ1) is 5.45. The third-order valence-electron chi connectivity index (χ3n) is 1.21. The second-order valence-electron chi connectivity index (χ2n) is 3.78. The first-order valence-electron chi connectivity index (χ1n) is 4.29. The molecule has 0 bridgehead atoms. The van der Waals surface area contributed by atoms with Gasteiger partial charge < -0.3 is 4.74 Å². The molecular weight excluding hydrogens is 152 g/mol. The molecule has 0 saturated carbocycles. The number of allylic oxidation sites excluding steroid dienone is 1. The lowest BCUT2D eigenvalue weighted by atomic mass is 9.96. The van der Waals surface area contributed by atoms with Gasteiger partial charge in [0, 0.05) is 0 Å². The fourth-order valence-electron chi connectivity index (χ4n) is 0.729. The highest BCUT2D eigenvalue weighted by Crippen LogP contribution is 2.14. The number of ether oxygens (including phenoxy) is 1. The van der Waals surface area contributed by atoms with Gasteiger partial charge in [-0.25, -0.2) is 0 Å². The van der Waals surface area contributed by atoms with Crippen molar-refractivity contribution in [2.24, 2.45) is 5.41 Å². The van der Waals surface area contributed by atoms with Crippen LogP contribution in [0.4, 0.5) is 0 Å². The van der Waals surface area contributed by atoms with Crippen molar-refractivity contribution in [1.29, 1.82) is 0 Å². The predicted octanol–water partition coefficient (Wildman–Crippen LogP) is 2.54. The van der Waals surface area contributed by atoms with E-state index < -0.39 is 0 Å². The monoisotopic (exact) mass is 170 g/mol. The normalized spacial score (nSPS) is 12.0. The Morgan fingerprint density at radius 1 is 1.42 bits per heavy atom. The summed E-state index contributed by atoms with van der Waals surface area (Å²) in [5.74, 6) is -0.155. The van der Waals surface area contributed by atoms with Crippen LogP contribution in [0.3, 0.4) is 0 Å². The van der Waals surface area contributed by atoms with Crippen LogP contribution in [-0.2, 0) is 9.53 Å². The van der Waals surface area contributed by atoms with Gasteiger partial charge in [-0.2, -0.15) is 0 Å². The molecule has 0 atom stereocenters. The van der Waals surface area contributed by atoms with Gasteiger partial charge >= 0.3 is 5.97 Å². The van der Waals surface area contributed by atoms with Crippen LogP contribution in [0.15, 0.2) is 12.2 Å². The van der Waals surface area contributed by atoms with Crippen LogP contribution in [0.25, 0.3) is 0 Å². The Morgan fingerprint density at radius 3 is 2.42 bits per heavy atom. The largest absolute Gasteiger partial charge is 0.466 e. The highest BCUT2D eigenvalue weighted by atomic mass is 16.5. The summed E-state index contributed by atoms with van der Waals surface area (Å²) < 4.78 is 4.77. The molecule has 0 fully saturated rings. The molecule has 0 saturated heterocycles. The lowest BCUT2D eigenvalue weighted by Gasteiger charge is -2.10. The molecule has 0 spiro atoms. The third-order valence-corrected chi connectivity index (χ3v) is 1.21. The van der Waals surface area contributed by atoms with Gasteiger partial charge in [0.15, 0.2) is 0 Å². The van der Waals surface area contributed by atoms with E-state index in [0.717, 1.165) is 0 Å². The highest BCUT2D eigenvalue weighted by molar-refractivity contribution is 5.71. The lowest BCUT2D eigenvalue weighted by molar-refractivity contribution is -0.142. The van der Waals surface area contributed by atoms with Gasteiger partial charge in [0.1, 0.15) is 0 Å². The second-order valence-corrected chi connectivity index (χ2v) is 3.78. The van der Waals surface area contributed by atoms with Crippen molar-refractivity contribution < 1.29 is 9.53 Å². The maximum atomic E-state index is 10.9. The molecule has 12 heavy (non-hydrogen) atoms. The Bertz CT molecular complexity index is 163. The van der Waals surface area contributed by atoms with Crippen molar-refractivity contribution in [3.8, 4) is 0 Å². The minimum atomic E-state index is -0.155. The van der Waals surface area contributed by atoms with Gasteiger partial charge in [-0.3, -0.25) is 4.79 Å². The van der Waals surface area contributed by atoms with Crippen LogP contribution >= 0.6 is 0 Å². The fraction of sp³-hybridized carbons (Fsp3) is 0.700. The number of esters is 1. The van der Waals surface area contributed by atoms with Crippen LogP contribution in [0.2, 0.25) is 0 Å². The summed E-state index contributed by atoms with van der Waals surface area (Å²) in [5.41, 5.74) is 0.145. The first-order valence-corrected chi connectivity index (χ1v) is 4.29. The number of rotatable bonds is 3. The molecule has 0 radical (unpaired) electrons. The van der Waals surface area contributed by atoms with E-state index >= 15 is 0 Å². The summed E-state index contributed by atoms with van der Waals surface area (Å²) in [7, 11) is 0. The molecule has 0 rings (SSSR count). The van der Waals surface area contributed by atoms with Crippen molar-refractivity contribution >= 4 is 5.97 Å². The molecule has 0 heterocycles. The van der Waals surface area contributed by atoms with E-state index in [2.05, 4.69) is 20.8 Å². The molecular formula is C10H18O2. The minimum absolute atomic E-state index is 0.145. The van der Waals surface area contributed by atoms with Gasteiger partial charge in [-0.1, -0.05) is 32.9 Å². The smallest absolute Gasteiger partial charge is 0.309 e. The van der Waals surface area contributed by atoms with Crippen molar-refractivity contribution in [2.45, 2.75) is 34.1 Å². The zero-order valence-corrected chi connectivity index (χ0v) is 8.39. The van der Waals surface area contributed by atoms with E-state index in [-0.39, 0.29) is 11.4 Å². The fourth-order valence-corrected chi connectivity index (χ4v) is 0.729. The van der Waals surface area contributed by atoms with Gasteiger partial charge in [-0.05, 0) is 12.3 Å². The SMILES string of the molecule is CCOC(=O)C/C=C\C(C)(C)C. The van der Waals surface area contributed by atoms with Crippen LogP contribution < -0.4 is 0 Å². The minimum Gasteiger partial charge on any atom is -0.466 e. The zero-order chi connectivity index (χ0) is 9.61. The molecule has 0 aromatic heterocycles. The Labute approximate surface area is 74.6 Å². The summed E-state index contributed by atoms with van der Waals surface area (Å²) in [4.78, 5) is 10.9. The van der Waals surface area contributed by atoms with Crippen molar-refractivity contribution in [2.75, 3.05) is 6.61 Å². The molecule has 0 amide bonds. The summed E-state index contributed by atoms with van der Waals surface area (Å²) in [5, 5.41) is 0. The Balaban J connectivity index is 3.68. The maximum Gasteiger partial charge on any atom is 0.309 e.